The number of rotatable bonds is 8. The molecular formula is C18H35FN2O2Si2. The molecular weight excluding hydrogens is 351 g/mol. The summed E-state index contributed by atoms with van der Waals surface area (Å²) in [5.41, 5.74) is 11.6. The summed E-state index contributed by atoms with van der Waals surface area (Å²) in [6.07, 6.45) is 0. The summed E-state index contributed by atoms with van der Waals surface area (Å²) in [4.78, 5) is 0. The molecule has 1 rings (SSSR count). The third-order valence-corrected chi connectivity index (χ3v) is 6.12. The van der Waals surface area contributed by atoms with Crippen LogP contribution in [0.2, 0.25) is 39.3 Å². The molecule has 0 bridgehead atoms. The molecule has 0 saturated carbocycles. The topological polar surface area (TPSA) is 70.5 Å². The maximum Gasteiger partial charge on any atom is 0.185 e. The Balaban J connectivity index is 3.31. The SMILES string of the molecule is CC(CN)(O[Si](C)(C)C)c1ccc(C(C)(CN)O[Si](C)(C)C)c(F)c1. The van der Waals surface area contributed by atoms with Gasteiger partial charge in [-0.15, -0.1) is 0 Å². The first-order chi connectivity index (χ1) is 11.2. The van der Waals surface area contributed by atoms with Crippen molar-refractivity contribution in [3.63, 3.8) is 0 Å². The van der Waals surface area contributed by atoms with E-state index in [9.17, 15) is 0 Å². The zero-order valence-corrected chi connectivity index (χ0v) is 19.0. The molecule has 144 valence electrons. The van der Waals surface area contributed by atoms with Gasteiger partial charge in [-0.3, -0.25) is 0 Å². The van der Waals surface area contributed by atoms with E-state index in [2.05, 4.69) is 39.3 Å². The largest absolute Gasteiger partial charge is 0.407 e. The average Bonchev–Trinajstić information content (AvgIpc) is 2.43. The van der Waals surface area contributed by atoms with Crippen LogP contribution in [0.4, 0.5) is 4.39 Å². The lowest BCUT2D eigenvalue weighted by Gasteiger charge is -2.38. The molecule has 1 aromatic rings. The fourth-order valence-corrected chi connectivity index (χ4v) is 6.15. The first kappa shape index (κ1) is 22.5. The van der Waals surface area contributed by atoms with Crippen LogP contribution in [0.15, 0.2) is 18.2 Å². The van der Waals surface area contributed by atoms with Crippen LogP contribution in [0.25, 0.3) is 0 Å². The molecule has 2 atom stereocenters. The Labute approximate surface area is 154 Å². The highest BCUT2D eigenvalue weighted by molar-refractivity contribution is 6.70. The minimum absolute atomic E-state index is 0.215. The van der Waals surface area contributed by atoms with E-state index >= 15 is 4.39 Å². The molecule has 0 fully saturated rings. The summed E-state index contributed by atoms with van der Waals surface area (Å²) in [6, 6.07) is 5.16. The molecule has 25 heavy (non-hydrogen) atoms. The van der Waals surface area contributed by atoms with Crippen molar-refractivity contribution in [2.75, 3.05) is 13.1 Å². The molecule has 0 aromatic heterocycles. The highest BCUT2D eigenvalue weighted by Gasteiger charge is 2.37. The maximum absolute atomic E-state index is 15.0. The first-order valence-electron chi connectivity index (χ1n) is 8.77. The fourth-order valence-electron chi connectivity index (χ4n) is 3.05. The normalized spacial score (nSPS) is 17.9. The van der Waals surface area contributed by atoms with E-state index in [4.69, 9.17) is 20.3 Å². The second kappa shape index (κ2) is 7.58. The van der Waals surface area contributed by atoms with Crippen molar-refractivity contribution >= 4 is 16.6 Å². The second-order valence-corrected chi connectivity index (χ2v) is 17.9. The number of nitrogens with two attached hydrogens (primary N) is 2. The Hall–Kier alpha value is -0.576. The highest BCUT2D eigenvalue weighted by atomic mass is 28.4. The van der Waals surface area contributed by atoms with Crippen LogP contribution < -0.4 is 11.5 Å². The third kappa shape index (κ3) is 5.97. The maximum atomic E-state index is 15.0. The molecule has 0 saturated heterocycles. The Kier molecular flexibility index (Phi) is 6.81. The molecule has 0 aliphatic rings. The van der Waals surface area contributed by atoms with Crippen LogP contribution in [0.5, 0.6) is 0 Å². The van der Waals surface area contributed by atoms with Gasteiger partial charge in [-0.05, 0) is 64.8 Å². The molecule has 4 nitrogen and oxygen atoms in total. The van der Waals surface area contributed by atoms with Crippen molar-refractivity contribution in [1.82, 2.24) is 0 Å². The minimum Gasteiger partial charge on any atom is -0.407 e. The minimum atomic E-state index is -1.89. The van der Waals surface area contributed by atoms with Gasteiger partial charge in [0.05, 0.1) is 11.2 Å². The predicted molar refractivity (Wildman–Crippen MR) is 108 cm³/mol. The zero-order chi connectivity index (χ0) is 19.7. The van der Waals surface area contributed by atoms with Gasteiger partial charge in [-0.1, -0.05) is 12.1 Å². The molecule has 2 unspecified atom stereocenters. The Morgan fingerprint density at radius 3 is 1.68 bits per heavy atom. The molecule has 0 heterocycles. The summed E-state index contributed by atoms with van der Waals surface area (Å²) < 4.78 is 27.4. The van der Waals surface area contributed by atoms with Gasteiger partial charge in [-0.25, -0.2) is 4.39 Å². The summed E-state index contributed by atoms with van der Waals surface area (Å²) >= 11 is 0. The summed E-state index contributed by atoms with van der Waals surface area (Å²) in [5, 5.41) is 0. The van der Waals surface area contributed by atoms with Gasteiger partial charge in [0.15, 0.2) is 16.6 Å². The van der Waals surface area contributed by atoms with E-state index < -0.39 is 27.8 Å². The second-order valence-electron chi connectivity index (χ2n) is 8.99. The van der Waals surface area contributed by atoms with Crippen molar-refractivity contribution in [3.05, 3.63) is 35.1 Å². The Bertz CT molecular complexity index is 602. The molecule has 0 amide bonds. The molecule has 0 aliphatic carbocycles. The fraction of sp³-hybridized carbons (Fsp3) is 0.667. The van der Waals surface area contributed by atoms with Gasteiger partial charge in [-0.2, -0.15) is 0 Å². The van der Waals surface area contributed by atoms with Crippen LogP contribution in [-0.4, -0.2) is 29.7 Å². The van der Waals surface area contributed by atoms with Crippen molar-refractivity contribution in [3.8, 4) is 0 Å². The monoisotopic (exact) mass is 386 g/mol. The number of hydrogen-bond donors (Lipinski definition) is 2. The van der Waals surface area contributed by atoms with E-state index in [1.807, 2.05) is 19.9 Å². The van der Waals surface area contributed by atoms with E-state index in [1.165, 1.54) is 6.07 Å². The number of hydrogen-bond acceptors (Lipinski definition) is 4. The average molecular weight is 387 g/mol. The van der Waals surface area contributed by atoms with Crippen molar-refractivity contribution in [2.24, 2.45) is 11.5 Å². The summed E-state index contributed by atoms with van der Waals surface area (Å²) in [6.45, 7) is 16.8. The molecule has 1 aromatic carbocycles. The van der Waals surface area contributed by atoms with E-state index in [-0.39, 0.29) is 18.9 Å². The lowest BCUT2D eigenvalue weighted by Crippen LogP contribution is -2.45. The Morgan fingerprint density at radius 1 is 0.880 bits per heavy atom. The Morgan fingerprint density at radius 2 is 1.32 bits per heavy atom. The highest BCUT2D eigenvalue weighted by Crippen LogP contribution is 2.34. The van der Waals surface area contributed by atoms with Gasteiger partial charge in [0.25, 0.3) is 0 Å². The van der Waals surface area contributed by atoms with Crippen LogP contribution in [0.3, 0.4) is 0 Å². The molecule has 0 aliphatic heterocycles. The standard InChI is InChI=1S/C18H35FN2O2Si2/c1-17(12-20,22-24(3,4)5)14-9-10-15(16(19)11-14)18(2,13-21)23-25(6,7)8/h9-11H,12-13,20-21H2,1-8H3. The molecule has 0 radical (unpaired) electrons. The van der Waals surface area contributed by atoms with E-state index in [0.717, 1.165) is 5.56 Å². The smallest absolute Gasteiger partial charge is 0.185 e. The first-order valence-corrected chi connectivity index (χ1v) is 15.6. The van der Waals surface area contributed by atoms with Gasteiger partial charge >= 0.3 is 0 Å². The molecule has 7 heteroatoms. The van der Waals surface area contributed by atoms with Gasteiger partial charge in [0.2, 0.25) is 0 Å². The number of benzene rings is 1. The summed E-state index contributed by atoms with van der Waals surface area (Å²) in [7, 11) is -3.74. The van der Waals surface area contributed by atoms with E-state index in [1.54, 1.807) is 6.07 Å². The zero-order valence-electron chi connectivity index (χ0n) is 17.0. The van der Waals surface area contributed by atoms with Gasteiger partial charge in [0, 0.05) is 18.7 Å². The lowest BCUT2D eigenvalue weighted by molar-refractivity contribution is 0.0801. The van der Waals surface area contributed by atoms with Crippen molar-refractivity contribution < 1.29 is 13.2 Å². The lowest BCUT2D eigenvalue weighted by atomic mass is 9.90. The van der Waals surface area contributed by atoms with Gasteiger partial charge < -0.3 is 20.3 Å². The predicted octanol–water partition coefficient (Wildman–Crippen LogP) is 3.88. The van der Waals surface area contributed by atoms with Crippen molar-refractivity contribution in [1.29, 1.82) is 0 Å². The van der Waals surface area contributed by atoms with Crippen LogP contribution in [0, 0.1) is 5.82 Å². The van der Waals surface area contributed by atoms with Crippen LogP contribution >= 0.6 is 0 Å². The van der Waals surface area contributed by atoms with Crippen LogP contribution in [-0.2, 0) is 20.1 Å². The van der Waals surface area contributed by atoms with Crippen molar-refractivity contribution in [2.45, 2.75) is 64.3 Å². The number of halogens is 1. The van der Waals surface area contributed by atoms with Crippen LogP contribution in [0.1, 0.15) is 25.0 Å². The third-order valence-electron chi connectivity index (χ3n) is 3.99. The van der Waals surface area contributed by atoms with E-state index in [0.29, 0.717) is 5.56 Å². The molecule has 4 N–H and O–H groups in total. The quantitative estimate of drug-likeness (QED) is 0.665. The summed E-state index contributed by atoms with van der Waals surface area (Å²) in [5.74, 6) is -0.331. The molecule has 0 spiro atoms. The van der Waals surface area contributed by atoms with Gasteiger partial charge in [0.1, 0.15) is 5.82 Å².